The zero-order valence-corrected chi connectivity index (χ0v) is 16.1. The maximum atomic E-state index is 4.40. The Bertz CT molecular complexity index is 702. The van der Waals surface area contributed by atoms with Gasteiger partial charge in [0.25, 0.3) is 0 Å². The van der Waals surface area contributed by atoms with Crippen LogP contribution < -0.4 is 0 Å². The number of amidine groups is 1. The van der Waals surface area contributed by atoms with Gasteiger partial charge in [-0.25, -0.2) is 15.0 Å². The maximum absolute atomic E-state index is 4.40. The number of nitrogens with zero attached hydrogens (tertiary/aromatic N) is 4. The molecule has 0 spiro atoms. The van der Waals surface area contributed by atoms with Crippen LogP contribution in [-0.4, -0.2) is 41.9 Å². The summed E-state index contributed by atoms with van der Waals surface area (Å²) in [6.45, 7) is 0.735. The Kier molecular flexibility index (Phi) is 7.29. The van der Waals surface area contributed by atoms with Gasteiger partial charge in [-0.2, -0.15) is 0 Å². The van der Waals surface area contributed by atoms with Gasteiger partial charge in [-0.1, -0.05) is 30.0 Å². The summed E-state index contributed by atoms with van der Waals surface area (Å²) in [4.78, 5) is 17.1. The van der Waals surface area contributed by atoms with Crippen molar-refractivity contribution in [2.45, 2.75) is 9.79 Å². The van der Waals surface area contributed by atoms with Gasteiger partial charge in [0.05, 0.1) is 4.90 Å². The molecular formula is C16H17BrN4S2. The first-order valence-corrected chi connectivity index (χ1v) is 8.93. The average Bonchev–Trinajstić information content (AvgIpc) is 2.51. The number of benzene rings is 1. The van der Waals surface area contributed by atoms with E-state index in [1.165, 1.54) is 0 Å². The second-order valence-corrected chi connectivity index (χ2v) is 7.31. The first kappa shape index (κ1) is 18.2. The van der Waals surface area contributed by atoms with E-state index in [0.717, 1.165) is 20.8 Å². The van der Waals surface area contributed by atoms with Crippen LogP contribution in [0.1, 0.15) is 0 Å². The minimum atomic E-state index is 0.386. The summed E-state index contributed by atoms with van der Waals surface area (Å²) in [5.74, 6) is 0.606. The molecule has 0 unspecified atom stereocenters. The molecule has 0 atom stereocenters. The summed E-state index contributed by atoms with van der Waals surface area (Å²) in [6, 6.07) is 12.1. The SMILES string of the molecule is CN(C)CC=NC(S)=Nc1ncc(Br)cc1Sc1ccccc1. The predicted octanol–water partition coefficient (Wildman–Crippen LogP) is 4.55. The number of hydrogen-bond acceptors (Lipinski definition) is 4. The molecule has 0 aliphatic heterocycles. The Morgan fingerprint density at radius 1 is 1.35 bits per heavy atom. The Morgan fingerprint density at radius 3 is 2.78 bits per heavy atom. The first-order chi connectivity index (χ1) is 11.0. The van der Waals surface area contributed by atoms with Gasteiger partial charge < -0.3 is 4.90 Å². The fourth-order valence-electron chi connectivity index (χ4n) is 1.60. The fraction of sp³-hybridized carbons (Fsp3) is 0.188. The highest BCUT2D eigenvalue weighted by Crippen LogP contribution is 2.35. The molecule has 0 bridgehead atoms. The molecule has 1 aromatic heterocycles. The molecule has 7 heteroatoms. The van der Waals surface area contributed by atoms with E-state index >= 15 is 0 Å². The van der Waals surface area contributed by atoms with Crippen LogP contribution in [0.25, 0.3) is 0 Å². The van der Waals surface area contributed by atoms with Crippen LogP contribution in [0.5, 0.6) is 0 Å². The van der Waals surface area contributed by atoms with E-state index in [4.69, 9.17) is 0 Å². The molecule has 2 aromatic rings. The van der Waals surface area contributed by atoms with Crippen molar-refractivity contribution >= 4 is 57.5 Å². The van der Waals surface area contributed by atoms with Crippen LogP contribution in [0.15, 0.2) is 66.8 Å². The van der Waals surface area contributed by atoms with Crippen molar-refractivity contribution in [3.63, 3.8) is 0 Å². The van der Waals surface area contributed by atoms with Crippen LogP contribution in [0.2, 0.25) is 0 Å². The van der Waals surface area contributed by atoms with Gasteiger partial charge >= 0.3 is 0 Å². The topological polar surface area (TPSA) is 40.9 Å². The van der Waals surface area contributed by atoms with Crippen LogP contribution in [-0.2, 0) is 0 Å². The van der Waals surface area contributed by atoms with E-state index in [-0.39, 0.29) is 0 Å². The molecule has 0 radical (unpaired) electrons. The number of aromatic nitrogens is 1. The minimum Gasteiger partial charge on any atom is -0.304 e. The third-order valence-electron chi connectivity index (χ3n) is 2.63. The van der Waals surface area contributed by atoms with Crippen LogP contribution in [0.4, 0.5) is 5.82 Å². The summed E-state index contributed by atoms with van der Waals surface area (Å²) in [5, 5.41) is 0.386. The Labute approximate surface area is 154 Å². The van der Waals surface area contributed by atoms with Gasteiger partial charge in [-0.15, -0.1) is 12.6 Å². The molecule has 0 amide bonds. The summed E-state index contributed by atoms with van der Waals surface area (Å²) in [7, 11) is 3.96. The zero-order valence-electron chi connectivity index (χ0n) is 12.8. The molecule has 120 valence electrons. The van der Waals surface area contributed by atoms with E-state index in [2.05, 4.69) is 55.7 Å². The van der Waals surface area contributed by atoms with E-state index in [0.29, 0.717) is 11.0 Å². The van der Waals surface area contributed by atoms with Crippen molar-refractivity contribution in [3.05, 3.63) is 47.1 Å². The second kappa shape index (κ2) is 9.22. The third-order valence-corrected chi connectivity index (χ3v) is 4.31. The predicted molar refractivity (Wildman–Crippen MR) is 106 cm³/mol. The molecule has 23 heavy (non-hydrogen) atoms. The van der Waals surface area contributed by atoms with Crippen molar-refractivity contribution in [3.8, 4) is 0 Å². The van der Waals surface area contributed by atoms with E-state index < -0.39 is 0 Å². The second-order valence-electron chi connectivity index (χ2n) is 4.88. The molecule has 4 nitrogen and oxygen atoms in total. The number of thiol groups is 1. The lowest BCUT2D eigenvalue weighted by Crippen LogP contribution is -2.14. The maximum Gasteiger partial charge on any atom is 0.186 e. The quantitative estimate of drug-likeness (QED) is 0.448. The fourth-order valence-corrected chi connectivity index (χ4v) is 3.18. The van der Waals surface area contributed by atoms with Crippen LogP contribution in [0, 0.1) is 0 Å². The standard InChI is InChI=1S/C16H17BrN4S2/c1-21(2)9-8-18-16(22)20-15-14(10-12(17)11-19-15)23-13-6-4-3-5-7-13/h3-8,10-11H,9H2,1-2H3,(H,19,20,22). The van der Waals surface area contributed by atoms with Gasteiger partial charge in [0.1, 0.15) is 0 Å². The molecular weight excluding hydrogens is 392 g/mol. The number of aliphatic imine (C=N–C) groups is 2. The molecule has 0 N–H and O–H groups in total. The normalized spacial score (nSPS) is 12.3. The lowest BCUT2D eigenvalue weighted by atomic mass is 10.4. The highest BCUT2D eigenvalue weighted by Gasteiger charge is 2.07. The smallest absolute Gasteiger partial charge is 0.186 e. The molecule has 0 aliphatic rings. The van der Waals surface area contributed by atoms with Gasteiger partial charge in [0.15, 0.2) is 11.0 Å². The summed E-state index contributed by atoms with van der Waals surface area (Å²) in [5.41, 5.74) is 0. The van der Waals surface area contributed by atoms with Gasteiger partial charge in [-0.3, -0.25) is 0 Å². The average molecular weight is 409 g/mol. The monoisotopic (exact) mass is 408 g/mol. The first-order valence-electron chi connectivity index (χ1n) is 6.88. The van der Waals surface area contributed by atoms with Gasteiger partial charge in [-0.05, 0) is 48.2 Å². The molecule has 1 heterocycles. The van der Waals surface area contributed by atoms with E-state index in [9.17, 15) is 0 Å². The number of halogens is 1. The van der Waals surface area contributed by atoms with Crippen molar-refractivity contribution < 1.29 is 0 Å². The summed E-state index contributed by atoms with van der Waals surface area (Å²) >= 11 is 9.38. The highest BCUT2D eigenvalue weighted by molar-refractivity contribution is 9.10. The van der Waals surface area contributed by atoms with Crippen molar-refractivity contribution in [2.75, 3.05) is 20.6 Å². The Morgan fingerprint density at radius 2 is 2.09 bits per heavy atom. The minimum absolute atomic E-state index is 0.386. The summed E-state index contributed by atoms with van der Waals surface area (Å²) < 4.78 is 0.909. The lowest BCUT2D eigenvalue weighted by Gasteiger charge is -2.06. The molecule has 0 fully saturated rings. The summed E-state index contributed by atoms with van der Waals surface area (Å²) in [6.07, 6.45) is 3.49. The number of hydrogen-bond donors (Lipinski definition) is 1. The Hall–Kier alpha value is -1.15. The third kappa shape index (κ3) is 6.47. The Balaban J connectivity index is 2.23. The molecule has 0 aliphatic carbocycles. The van der Waals surface area contributed by atoms with Crippen LogP contribution in [0.3, 0.4) is 0 Å². The highest BCUT2D eigenvalue weighted by atomic mass is 79.9. The number of rotatable bonds is 5. The lowest BCUT2D eigenvalue weighted by molar-refractivity contribution is 0.474. The van der Waals surface area contributed by atoms with Crippen LogP contribution >= 0.6 is 40.3 Å². The van der Waals surface area contributed by atoms with Crippen molar-refractivity contribution in [1.29, 1.82) is 0 Å². The van der Waals surface area contributed by atoms with Crippen molar-refractivity contribution in [2.24, 2.45) is 9.98 Å². The van der Waals surface area contributed by atoms with E-state index in [1.54, 1.807) is 24.2 Å². The number of pyridine rings is 1. The van der Waals surface area contributed by atoms with E-state index in [1.807, 2.05) is 43.3 Å². The largest absolute Gasteiger partial charge is 0.304 e. The molecule has 0 saturated heterocycles. The van der Waals surface area contributed by atoms with Crippen molar-refractivity contribution in [1.82, 2.24) is 9.88 Å². The molecule has 0 saturated carbocycles. The molecule has 1 aromatic carbocycles. The van der Waals surface area contributed by atoms with Gasteiger partial charge in [0, 0.05) is 28.3 Å². The van der Waals surface area contributed by atoms with Gasteiger partial charge in [0.2, 0.25) is 0 Å². The molecule has 2 rings (SSSR count). The zero-order chi connectivity index (χ0) is 16.7.